The van der Waals surface area contributed by atoms with Gasteiger partial charge in [0.2, 0.25) is 5.91 Å². The van der Waals surface area contributed by atoms with Crippen molar-refractivity contribution in [2.75, 3.05) is 46.5 Å². The molecule has 2 fully saturated rings. The average Bonchev–Trinajstić information content (AvgIpc) is 3.39. The molecule has 1 N–H and O–H groups in total. The van der Waals surface area contributed by atoms with Gasteiger partial charge in [-0.2, -0.15) is 0 Å². The molecule has 224 valence electrons. The number of ether oxygens (including phenoxy) is 2. The van der Waals surface area contributed by atoms with Crippen LogP contribution in [0.5, 0.6) is 5.75 Å². The molecule has 9 heteroatoms. The molecule has 1 aromatic carbocycles. The normalized spacial score (nSPS) is 19.1. The Hall–Kier alpha value is -1.65. The Morgan fingerprint density at radius 3 is 2.48 bits per heavy atom. The summed E-state index contributed by atoms with van der Waals surface area (Å²) in [5.41, 5.74) is 3.53. The standard InChI is InChI=1S/C20H32N4O2S.C9H12OS.C2H6/c25-20(15-26-14-16-6-2-3-8-21-16)24-11-7-17-18(12-24)27-19(22-17)13-23-9-4-1-5-10-23;1-6-4-8(10-3)5-7(2)9(6)11;1-2/h16,21H,1-15H2;4-5,11H,1-3H3;1-2H3. The topological polar surface area (TPSA) is 66.9 Å². The Labute approximate surface area is 251 Å². The zero-order valence-corrected chi connectivity index (χ0v) is 27.0. The molecular weight excluding hydrogens is 541 g/mol. The van der Waals surface area contributed by atoms with E-state index >= 15 is 0 Å². The molecule has 1 amide bonds. The number of fused-ring (bicyclic) bond motifs is 1. The number of nitrogens with zero attached hydrogens (tertiary/aromatic N) is 3. The van der Waals surface area contributed by atoms with Crippen LogP contribution in [-0.2, 0) is 29.0 Å². The van der Waals surface area contributed by atoms with Gasteiger partial charge < -0.3 is 19.7 Å². The summed E-state index contributed by atoms with van der Waals surface area (Å²) in [5.74, 6) is 1.01. The molecule has 40 heavy (non-hydrogen) atoms. The molecule has 3 aliphatic rings. The van der Waals surface area contributed by atoms with Gasteiger partial charge in [-0.25, -0.2) is 4.98 Å². The molecular formula is C31H50N4O3S2. The maximum absolute atomic E-state index is 12.5. The number of piperidine rings is 2. The molecule has 1 atom stereocenters. The molecule has 3 aliphatic heterocycles. The molecule has 0 bridgehead atoms. The molecule has 7 nitrogen and oxygen atoms in total. The van der Waals surface area contributed by atoms with Crippen LogP contribution in [-0.4, -0.2) is 73.2 Å². The van der Waals surface area contributed by atoms with Gasteiger partial charge in [-0.15, -0.1) is 24.0 Å². The van der Waals surface area contributed by atoms with Gasteiger partial charge in [-0.1, -0.05) is 26.7 Å². The summed E-state index contributed by atoms with van der Waals surface area (Å²) in [4.78, 5) is 24.2. The van der Waals surface area contributed by atoms with Gasteiger partial charge in [0.1, 0.15) is 17.4 Å². The fourth-order valence-corrected chi connectivity index (χ4v) is 6.62. The summed E-state index contributed by atoms with van der Waals surface area (Å²) >= 11 is 6.14. The lowest BCUT2D eigenvalue weighted by atomic mass is 10.1. The van der Waals surface area contributed by atoms with Crippen molar-refractivity contribution in [3.05, 3.63) is 38.8 Å². The van der Waals surface area contributed by atoms with E-state index in [1.807, 2.05) is 44.7 Å². The molecule has 1 aromatic heterocycles. The highest BCUT2D eigenvalue weighted by Gasteiger charge is 2.25. The quantitative estimate of drug-likeness (QED) is 0.398. The van der Waals surface area contributed by atoms with E-state index in [9.17, 15) is 4.79 Å². The van der Waals surface area contributed by atoms with Gasteiger partial charge in [-0.3, -0.25) is 9.69 Å². The number of thiol groups is 1. The number of nitrogens with one attached hydrogen (secondary N) is 1. The van der Waals surface area contributed by atoms with E-state index in [4.69, 9.17) is 14.5 Å². The van der Waals surface area contributed by atoms with Crippen LogP contribution in [0.1, 0.15) is 79.1 Å². The number of aryl methyl sites for hydroxylation is 2. The monoisotopic (exact) mass is 590 g/mol. The number of rotatable bonds is 7. The highest BCUT2D eigenvalue weighted by molar-refractivity contribution is 7.80. The third-order valence-electron chi connectivity index (χ3n) is 7.59. The SMILES string of the molecule is CC.COc1cc(C)c(S)c(C)c1.O=C(COCC1CCCCN1)N1CCc2nc(CN3CCCCC3)sc2C1. The minimum atomic E-state index is 0.113. The van der Waals surface area contributed by atoms with E-state index in [1.54, 1.807) is 18.4 Å². The fourth-order valence-electron chi connectivity index (χ4n) is 5.32. The summed E-state index contributed by atoms with van der Waals surface area (Å²) in [6.07, 6.45) is 8.52. The van der Waals surface area contributed by atoms with Crippen molar-refractivity contribution in [2.24, 2.45) is 0 Å². The highest BCUT2D eigenvalue weighted by atomic mass is 32.1. The minimum Gasteiger partial charge on any atom is -0.497 e. The Morgan fingerprint density at radius 1 is 1.10 bits per heavy atom. The van der Waals surface area contributed by atoms with E-state index in [-0.39, 0.29) is 12.5 Å². The van der Waals surface area contributed by atoms with Gasteiger partial charge in [0.05, 0.1) is 32.5 Å². The minimum absolute atomic E-state index is 0.113. The lowest BCUT2D eigenvalue weighted by Crippen LogP contribution is -2.40. The predicted octanol–water partition coefficient (Wildman–Crippen LogP) is 5.80. The molecule has 0 radical (unpaired) electrons. The number of methoxy groups -OCH3 is 1. The van der Waals surface area contributed by atoms with Crippen LogP contribution >= 0.6 is 24.0 Å². The molecule has 5 rings (SSSR count). The number of amides is 1. The van der Waals surface area contributed by atoms with Crippen LogP contribution in [0.2, 0.25) is 0 Å². The van der Waals surface area contributed by atoms with Crippen LogP contribution in [0.15, 0.2) is 17.0 Å². The second kappa shape index (κ2) is 17.3. The zero-order valence-electron chi connectivity index (χ0n) is 25.3. The van der Waals surface area contributed by atoms with Crippen molar-refractivity contribution in [1.29, 1.82) is 0 Å². The third kappa shape index (κ3) is 10.0. The van der Waals surface area contributed by atoms with Crippen LogP contribution in [0.4, 0.5) is 0 Å². The fraction of sp³-hybridized carbons (Fsp3) is 0.677. The van der Waals surface area contributed by atoms with Gasteiger partial charge in [-0.05, 0) is 82.4 Å². The van der Waals surface area contributed by atoms with Crippen molar-refractivity contribution < 1.29 is 14.3 Å². The van der Waals surface area contributed by atoms with Crippen molar-refractivity contribution in [1.82, 2.24) is 20.1 Å². The molecule has 0 saturated carbocycles. The molecule has 1 unspecified atom stereocenters. The summed E-state index contributed by atoms with van der Waals surface area (Å²) in [6, 6.07) is 4.38. The van der Waals surface area contributed by atoms with Crippen LogP contribution in [0, 0.1) is 13.8 Å². The number of carbonyl (C=O) groups excluding carboxylic acids is 1. The number of hydrogen-bond donors (Lipinski definition) is 2. The maximum Gasteiger partial charge on any atom is 0.248 e. The summed E-state index contributed by atoms with van der Waals surface area (Å²) in [6.45, 7) is 14.8. The predicted molar refractivity (Wildman–Crippen MR) is 168 cm³/mol. The Balaban J connectivity index is 0.000000285. The number of aromatic nitrogens is 1. The van der Waals surface area contributed by atoms with E-state index in [2.05, 4.69) is 22.8 Å². The van der Waals surface area contributed by atoms with Crippen molar-refractivity contribution in [3.8, 4) is 5.75 Å². The van der Waals surface area contributed by atoms with E-state index < -0.39 is 0 Å². The number of hydrogen-bond acceptors (Lipinski definition) is 8. The third-order valence-corrected chi connectivity index (χ3v) is 9.37. The smallest absolute Gasteiger partial charge is 0.248 e. The van der Waals surface area contributed by atoms with Gasteiger partial charge in [0.15, 0.2) is 0 Å². The lowest BCUT2D eigenvalue weighted by Gasteiger charge is -2.27. The van der Waals surface area contributed by atoms with Crippen molar-refractivity contribution in [3.63, 3.8) is 0 Å². The highest BCUT2D eigenvalue weighted by Crippen LogP contribution is 2.27. The Kier molecular flexibility index (Phi) is 14.2. The Morgan fingerprint density at radius 2 is 1.82 bits per heavy atom. The van der Waals surface area contributed by atoms with E-state index in [1.165, 1.54) is 60.8 Å². The molecule has 0 aliphatic carbocycles. The first-order chi connectivity index (χ1) is 19.4. The number of benzene rings is 1. The largest absolute Gasteiger partial charge is 0.497 e. The maximum atomic E-state index is 12.5. The first-order valence-corrected chi connectivity index (χ1v) is 16.3. The molecule has 4 heterocycles. The number of likely N-dealkylation sites (tertiary alicyclic amines) is 1. The van der Waals surface area contributed by atoms with E-state index in [0.717, 1.165) is 54.2 Å². The van der Waals surface area contributed by atoms with Gasteiger partial charge in [0, 0.05) is 28.8 Å². The zero-order chi connectivity index (χ0) is 28.9. The second-order valence-electron chi connectivity index (χ2n) is 10.7. The summed E-state index contributed by atoms with van der Waals surface area (Å²) in [7, 11) is 1.67. The summed E-state index contributed by atoms with van der Waals surface area (Å²) in [5, 5.41) is 4.68. The Bertz CT molecular complexity index is 1030. The number of carbonyl (C=O) groups is 1. The van der Waals surface area contributed by atoms with Crippen LogP contribution in [0.3, 0.4) is 0 Å². The van der Waals surface area contributed by atoms with Gasteiger partial charge in [0.25, 0.3) is 0 Å². The average molecular weight is 591 g/mol. The second-order valence-corrected chi connectivity index (χ2v) is 12.3. The van der Waals surface area contributed by atoms with Crippen molar-refractivity contribution in [2.45, 2.75) is 96.7 Å². The van der Waals surface area contributed by atoms with E-state index in [0.29, 0.717) is 19.2 Å². The van der Waals surface area contributed by atoms with Gasteiger partial charge >= 0.3 is 0 Å². The van der Waals surface area contributed by atoms with Crippen LogP contribution in [0.25, 0.3) is 0 Å². The molecule has 2 aromatic rings. The molecule has 0 spiro atoms. The molecule has 2 saturated heterocycles. The summed E-state index contributed by atoms with van der Waals surface area (Å²) < 4.78 is 10.8. The first kappa shape index (κ1) is 32.9. The first-order valence-electron chi connectivity index (χ1n) is 15.1. The van der Waals surface area contributed by atoms with Crippen molar-refractivity contribution >= 4 is 29.9 Å². The lowest BCUT2D eigenvalue weighted by molar-refractivity contribution is -0.137. The van der Waals surface area contributed by atoms with Crippen LogP contribution < -0.4 is 10.1 Å². The number of thiazole rings is 1.